The molecule has 9 heteroatoms. The van der Waals surface area contributed by atoms with Crippen LogP contribution >= 0.6 is 0 Å². The third-order valence-electron chi connectivity index (χ3n) is 9.70. The Morgan fingerprint density at radius 2 is 1.31 bits per heavy atom. The summed E-state index contributed by atoms with van der Waals surface area (Å²) >= 11 is 0. The van der Waals surface area contributed by atoms with E-state index in [0.29, 0.717) is 52.3 Å². The summed E-state index contributed by atoms with van der Waals surface area (Å²) in [6.45, 7) is 8.76. The van der Waals surface area contributed by atoms with Crippen molar-refractivity contribution < 1.29 is 13.9 Å². The van der Waals surface area contributed by atoms with E-state index in [-0.39, 0.29) is 12.5 Å². The van der Waals surface area contributed by atoms with Crippen LogP contribution in [-0.2, 0) is 23.2 Å². The number of benzene rings is 5. The molecular formula is C45H43FN6O2. The van der Waals surface area contributed by atoms with Crippen LogP contribution in [0.2, 0.25) is 0 Å². The molecule has 0 saturated carbocycles. The van der Waals surface area contributed by atoms with Gasteiger partial charge in [0.2, 0.25) is 5.82 Å². The largest absolute Gasteiger partial charge is 0.462 e. The molecule has 0 amide bonds. The van der Waals surface area contributed by atoms with Crippen molar-refractivity contribution in [1.82, 2.24) is 30.0 Å². The summed E-state index contributed by atoms with van der Waals surface area (Å²) in [5, 5.41) is 19.2. The third-order valence-corrected chi connectivity index (χ3v) is 9.70. The van der Waals surface area contributed by atoms with Crippen LogP contribution in [-0.4, -0.2) is 42.6 Å². The first-order valence-electron chi connectivity index (χ1n) is 18.5. The topological polar surface area (TPSA) is 87.7 Å². The first-order valence-corrected chi connectivity index (χ1v) is 18.5. The minimum atomic E-state index is -0.945. The summed E-state index contributed by atoms with van der Waals surface area (Å²) in [5.74, 6) is -0.421. The highest BCUT2D eigenvalue weighted by atomic mass is 19.1. The molecule has 2 aromatic heterocycles. The first-order chi connectivity index (χ1) is 26.4. The summed E-state index contributed by atoms with van der Waals surface area (Å²) in [6.07, 6.45) is 1.16. The fourth-order valence-corrected chi connectivity index (χ4v) is 7.27. The Morgan fingerprint density at radius 1 is 0.741 bits per heavy atom. The third kappa shape index (κ3) is 6.73. The number of hydrogen-bond donors (Lipinski definition) is 0. The van der Waals surface area contributed by atoms with Crippen molar-refractivity contribution in [1.29, 1.82) is 0 Å². The van der Waals surface area contributed by atoms with Gasteiger partial charge in [-0.25, -0.2) is 9.18 Å². The molecule has 0 bridgehead atoms. The molecule has 0 unspecified atom stereocenters. The maximum Gasteiger partial charge on any atom is 0.341 e. The Hall–Kier alpha value is -6.22. The van der Waals surface area contributed by atoms with E-state index in [1.54, 1.807) is 17.8 Å². The van der Waals surface area contributed by atoms with E-state index in [4.69, 9.17) is 20.1 Å². The van der Waals surface area contributed by atoms with Crippen LogP contribution in [0.4, 0.5) is 4.39 Å². The van der Waals surface area contributed by atoms with E-state index in [0.717, 1.165) is 28.8 Å². The van der Waals surface area contributed by atoms with Crippen LogP contribution in [0.15, 0.2) is 133 Å². The van der Waals surface area contributed by atoms with Crippen molar-refractivity contribution in [3.8, 4) is 22.5 Å². The van der Waals surface area contributed by atoms with Crippen LogP contribution < -0.4 is 0 Å². The number of hydrogen-bond acceptors (Lipinski definition) is 6. The summed E-state index contributed by atoms with van der Waals surface area (Å²) < 4.78 is 23.7. The van der Waals surface area contributed by atoms with Crippen LogP contribution in [0, 0.1) is 5.82 Å². The van der Waals surface area contributed by atoms with Crippen molar-refractivity contribution >= 4 is 5.97 Å². The smallest absolute Gasteiger partial charge is 0.341 e. The second kappa shape index (κ2) is 15.8. The number of tetrazole rings is 1. The lowest BCUT2D eigenvalue weighted by molar-refractivity contribution is 0.0523. The summed E-state index contributed by atoms with van der Waals surface area (Å²) in [4.78, 5) is 14.9. The molecule has 0 radical (unpaired) electrons. The lowest BCUT2D eigenvalue weighted by Gasteiger charge is -2.34. The zero-order valence-corrected chi connectivity index (χ0v) is 31.0. The Morgan fingerprint density at radius 3 is 1.85 bits per heavy atom. The lowest BCUT2D eigenvalue weighted by Crippen LogP contribution is -2.39. The monoisotopic (exact) mass is 718 g/mol. The Labute approximate surface area is 315 Å². The standard InChI is InChI=1S/C45H43FN6O2/c1-5-28-51-40(41(44(53)54-6-2)42(48-51)31(3)4)30-32-26-27-37(39(46)29-32)36-24-16-17-25-38(36)43-47-50-52(49-43)45(33-18-10-7-11-19-33,34-20-12-8-13-21-34)35-22-14-9-15-23-35/h7-27,29,31H,5-6,28,30H2,1-4H3. The maximum atomic E-state index is 16.4. The number of halogens is 1. The van der Waals surface area contributed by atoms with Crippen molar-refractivity contribution in [2.45, 2.75) is 58.5 Å². The second-order valence-corrected chi connectivity index (χ2v) is 13.6. The number of rotatable bonds is 13. The van der Waals surface area contributed by atoms with Gasteiger partial charge in [-0.2, -0.15) is 5.10 Å². The van der Waals surface area contributed by atoms with Gasteiger partial charge in [0.15, 0.2) is 5.54 Å². The zero-order chi connectivity index (χ0) is 37.7. The summed E-state index contributed by atoms with van der Waals surface area (Å²) in [6, 6.07) is 43.2. The van der Waals surface area contributed by atoms with Gasteiger partial charge in [0, 0.05) is 24.1 Å². The Balaban J connectivity index is 1.30. The average molecular weight is 719 g/mol. The molecule has 7 aromatic rings. The number of carbonyl (C=O) groups excluding carboxylic acids is 1. The lowest BCUT2D eigenvalue weighted by atomic mass is 9.77. The van der Waals surface area contributed by atoms with E-state index in [2.05, 4.69) is 48.4 Å². The van der Waals surface area contributed by atoms with Crippen molar-refractivity contribution in [2.24, 2.45) is 0 Å². The van der Waals surface area contributed by atoms with E-state index in [9.17, 15) is 4.79 Å². The SMILES string of the molecule is CCCn1nc(C(C)C)c(C(=O)OCC)c1Cc1ccc(-c2ccccc2-c2nnn(C(c3ccccc3)(c3ccccc3)c3ccccc3)n2)c(F)c1. The minimum Gasteiger partial charge on any atom is -0.462 e. The van der Waals surface area contributed by atoms with Gasteiger partial charge in [0.1, 0.15) is 11.4 Å². The number of carbonyl (C=O) groups is 1. The molecule has 0 aliphatic heterocycles. The maximum absolute atomic E-state index is 16.4. The summed E-state index contributed by atoms with van der Waals surface area (Å²) in [5.41, 5.74) is 6.25. The number of nitrogens with zero attached hydrogens (tertiary/aromatic N) is 6. The second-order valence-electron chi connectivity index (χ2n) is 13.6. The molecule has 0 spiro atoms. The molecule has 0 aliphatic rings. The molecule has 2 heterocycles. The average Bonchev–Trinajstić information content (AvgIpc) is 3.83. The number of aromatic nitrogens is 6. The van der Waals surface area contributed by atoms with Crippen molar-refractivity contribution in [2.75, 3.05) is 6.61 Å². The van der Waals surface area contributed by atoms with E-state index >= 15 is 4.39 Å². The van der Waals surface area contributed by atoms with Gasteiger partial charge in [0.25, 0.3) is 0 Å². The molecule has 272 valence electrons. The highest BCUT2D eigenvalue weighted by Gasteiger charge is 2.41. The van der Waals surface area contributed by atoms with Crippen LogP contribution in [0.3, 0.4) is 0 Å². The van der Waals surface area contributed by atoms with Gasteiger partial charge in [-0.05, 0) is 58.4 Å². The normalized spacial score (nSPS) is 11.6. The highest BCUT2D eigenvalue weighted by molar-refractivity contribution is 5.92. The van der Waals surface area contributed by atoms with Gasteiger partial charge in [0.05, 0.1) is 18.0 Å². The van der Waals surface area contributed by atoms with E-state index in [1.807, 2.05) is 103 Å². The van der Waals surface area contributed by atoms with Crippen molar-refractivity contribution in [3.05, 3.63) is 178 Å². The molecule has 54 heavy (non-hydrogen) atoms. The molecule has 0 fully saturated rings. The molecule has 7 rings (SSSR count). The van der Waals surface area contributed by atoms with E-state index < -0.39 is 17.3 Å². The van der Waals surface area contributed by atoms with Gasteiger partial charge in [-0.3, -0.25) is 4.68 Å². The molecule has 0 atom stereocenters. The van der Waals surface area contributed by atoms with Gasteiger partial charge in [-0.1, -0.05) is 148 Å². The van der Waals surface area contributed by atoms with Gasteiger partial charge < -0.3 is 4.74 Å². The quantitative estimate of drug-likeness (QED) is 0.0872. The number of esters is 1. The predicted octanol–water partition coefficient (Wildman–Crippen LogP) is 9.48. The highest BCUT2D eigenvalue weighted by Crippen LogP contribution is 2.41. The molecular weight excluding hydrogens is 676 g/mol. The van der Waals surface area contributed by atoms with Crippen LogP contribution in [0.1, 0.15) is 84.0 Å². The predicted molar refractivity (Wildman–Crippen MR) is 209 cm³/mol. The Bertz CT molecular complexity index is 2260. The van der Waals surface area contributed by atoms with Gasteiger partial charge in [-0.15, -0.1) is 15.0 Å². The fourth-order valence-electron chi connectivity index (χ4n) is 7.27. The molecule has 0 aliphatic carbocycles. The summed E-state index contributed by atoms with van der Waals surface area (Å²) in [7, 11) is 0. The molecule has 0 N–H and O–H groups in total. The first kappa shape index (κ1) is 36.2. The van der Waals surface area contributed by atoms with Crippen LogP contribution in [0.25, 0.3) is 22.5 Å². The van der Waals surface area contributed by atoms with Crippen LogP contribution in [0.5, 0.6) is 0 Å². The van der Waals surface area contributed by atoms with E-state index in [1.165, 1.54) is 6.07 Å². The molecule has 5 aromatic carbocycles. The number of aryl methyl sites for hydroxylation is 1. The molecule has 0 saturated heterocycles. The molecule has 8 nitrogen and oxygen atoms in total. The zero-order valence-electron chi connectivity index (χ0n) is 31.0. The van der Waals surface area contributed by atoms with Crippen molar-refractivity contribution in [3.63, 3.8) is 0 Å². The number of ether oxygens (including phenoxy) is 1. The minimum absolute atomic E-state index is 0.0155. The van der Waals surface area contributed by atoms with Gasteiger partial charge >= 0.3 is 5.97 Å². The fraction of sp³-hybridized carbons (Fsp3) is 0.222. The Kier molecular flexibility index (Phi) is 10.6.